The molecule has 2 N–H and O–H groups in total. The molecule has 2 aromatic rings. The van der Waals surface area contributed by atoms with E-state index in [2.05, 4.69) is 27.9 Å². The Labute approximate surface area is 160 Å². The quantitative estimate of drug-likeness (QED) is 0.730. The van der Waals surface area contributed by atoms with Crippen LogP contribution in [0.2, 0.25) is 0 Å². The number of amides is 1. The summed E-state index contributed by atoms with van der Waals surface area (Å²) in [5.74, 6) is 0.599. The molecule has 27 heavy (non-hydrogen) atoms. The monoisotopic (exact) mass is 371 g/mol. The van der Waals surface area contributed by atoms with Crippen molar-refractivity contribution < 1.29 is 9.53 Å². The maximum atomic E-state index is 12.7. The molecule has 0 atom stereocenters. The largest absolute Gasteiger partial charge is 0.494 e. The van der Waals surface area contributed by atoms with E-state index in [1.165, 1.54) is 0 Å². The lowest BCUT2D eigenvalue weighted by Gasteiger charge is -2.23. The topological polar surface area (TPSA) is 81.1 Å². The zero-order valence-electron chi connectivity index (χ0n) is 16.4. The third-order valence-electron chi connectivity index (χ3n) is 5.01. The van der Waals surface area contributed by atoms with E-state index < -0.39 is 0 Å². The van der Waals surface area contributed by atoms with E-state index in [1.807, 2.05) is 36.7 Å². The number of hydrogen-bond acceptors (Lipinski definition) is 5. The Kier molecular flexibility index (Phi) is 6.45. The van der Waals surface area contributed by atoms with Gasteiger partial charge in [0.1, 0.15) is 5.75 Å². The Hall–Kier alpha value is -2.41. The number of aryl methyl sites for hydroxylation is 1. The molecule has 0 aliphatic carbocycles. The number of aromatic nitrogens is 3. The normalized spacial score (nSPS) is 14.9. The smallest absolute Gasteiger partial charge is 0.278 e. The van der Waals surface area contributed by atoms with Crippen molar-refractivity contribution in [2.24, 2.45) is 0 Å². The van der Waals surface area contributed by atoms with Gasteiger partial charge in [0.25, 0.3) is 5.91 Å². The molecule has 7 nitrogen and oxygen atoms in total. The van der Waals surface area contributed by atoms with Crippen LogP contribution in [0, 0.1) is 13.8 Å². The summed E-state index contributed by atoms with van der Waals surface area (Å²) in [5.41, 5.74) is 2.92. The van der Waals surface area contributed by atoms with E-state index in [1.54, 1.807) is 0 Å². The standard InChI is InChI=1S/C20H29N5O2/c1-4-5-12-27-17-6-7-18(14(2)13-17)22-20(26)19-15(3)25(24-23-19)16-8-10-21-11-9-16/h6-7,13,16,21H,4-5,8-12H2,1-3H3,(H,22,26). The summed E-state index contributed by atoms with van der Waals surface area (Å²) in [6, 6.07) is 6.02. The summed E-state index contributed by atoms with van der Waals surface area (Å²) < 4.78 is 7.61. The highest BCUT2D eigenvalue weighted by atomic mass is 16.5. The van der Waals surface area contributed by atoms with Gasteiger partial charge < -0.3 is 15.4 Å². The van der Waals surface area contributed by atoms with E-state index in [0.29, 0.717) is 18.3 Å². The number of nitrogens with one attached hydrogen (secondary N) is 2. The second-order valence-corrected chi connectivity index (χ2v) is 7.08. The number of ether oxygens (including phenoxy) is 1. The fourth-order valence-electron chi connectivity index (χ4n) is 3.33. The first-order valence-corrected chi connectivity index (χ1v) is 9.77. The molecule has 0 bridgehead atoms. The minimum Gasteiger partial charge on any atom is -0.494 e. The molecule has 1 saturated heterocycles. The number of anilines is 1. The Balaban J connectivity index is 1.67. The van der Waals surface area contributed by atoms with E-state index in [4.69, 9.17) is 4.74 Å². The number of benzene rings is 1. The third-order valence-corrected chi connectivity index (χ3v) is 5.01. The van der Waals surface area contributed by atoms with Gasteiger partial charge in [0.2, 0.25) is 0 Å². The zero-order chi connectivity index (χ0) is 19.2. The first kappa shape index (κ1) is 19.4. The molecular formula is C20H29N5O2. The average Bonchev–Trinajstić information content (AvgIpc) is 3.06. The van der Waals surface area contributed by atoms with Crippen LogP contribution in [0.25, 0.3) is 0 Å². The molecule has 1 aromatic carbocycles. The predicted molar refractivity (Wildman–Crippen MR) is 105 cm³/mol. The first-order chi connectivity index (χ1) is 13.1. The van der Waals surface area contributed by atoms with Crippen LogP contribution in [0.1, 0.15) is 60.4 Å². The van der Waals surface area contributed by atoms with Crippen LogP contribution >= 0.6 is 0 Å². The van der Waals surface area contributed by atoms with Crippen molar-refractivity contribution >= 4 is 11.6 Å². The molecule has 7 heteroatoms. The van der Waals surface area contributed by atoms with Crippen molar-refractivity contribution in [1.82, 2.24) is 20.3 Å². The summed E-state index contributed by atoms with van der Waals surface area (Å²) in [5, 5.41) is 14.7. The minimum absolute atomic E-state index is 0.226. The van der Waals surface area contributed by atoms with Crippen LogP contribution in [-0.4, -0.2) is 40.6 Å². The van der Waals surface area contributed by atoms with Gasteiger partial charge in [0, 0.05) is 5.69 Å². The summed E-state index contributed by atoms with van der Waals surface area (Å²) in [7, 11) is 0. The molecule has 1 aliphatic heterocycles. The number of carbonyl (C=O) groups excluding carboxylic acids is 1. The molecule has 1 aliphatic rings. The van der Waals surface area contributed by atoms with Gasteiger partial charge in [-0.05, 0) is 70.0 Å². The summed E-state index contributed by atoms with van der Waals surface area (Å²) >= 11 is 0. The number of rotatable bonds is 7. The van der Waals surface area contributed by atoms with Gasteiger partial charge in [-0.2, -0.15) is 0 Å². The lowest BCUT2D eigenvalue weighted by molar-refractivity contribution is 0.102. The number of carbonyl (C=O) groups is 1. The van der Waals surface area contributed by atoms with Gasteiger partial charge >= 0.3 is 0 Å². The van der Waals surface area contributed by atoms with Gasteiger partial charge in [-0.3, -0.25) is 4.79 Å². The molecule has 0 radical (unpaired) electrons. The van der Waals surface area contributed by atoms with E-state index >= 15 is 0 Å². The molecular weight excluding hydrogens is 342 g/mol. The molecule has 3 rings (SSSR count). The van der Waals surface area contributed by atoms with Crippen molar-refractivity contribution in [3.8, 4) is 5.75 Å². The summed E-state index contributed by atoms with van der Waals surface area (Å²) in [4.78, 5) is 12.7. The molecule has 0 spiro atoms. The van der Waals surface area contributed by atoms with Gasteiger partial charge in [0.05, 0.1) is 18.3 Å². The fourth-order valence-corrected chi connectivity index (χ4v) is 3.33. The van der Waals surface area contributed by atoms with Crippen LogP contribution < -0.4 is 15.4 Å². The molecule has 146 valence electrons. The predicted octanol–water partition coefficient (Wildman–Crippen LogP) is 3.25. The molecule has 0 saturated carbocycles. The average molecular weight is 371 g/mol. The molecule has 1 aromatic heterocycles. The van der Waals surface area contributed by atoms with Gasteiger partial charge in [-0.1, -0.05) is 18.6 Å². The van der Waals surface area contributed by atoms with E-state index in [0.717, 1.165) is 61.5 Å². The Morgan fingerprint density at radius 1 is 1.33 bits per heavy atom. The highest BCUT2D eigenvalue weighted by Gasteiger charge is 2.23. The Morgan fingerprint density at radius 3 is 2.81 bits per heavy atom. The lowest BCUT2D eigenvalue weighted by atomic mass is 10.1. The maximum absolute atomic E-state index is 12.7. The van der Waals surface area contributed by atoms with Gasteiger partial charge in [0.15, 0.2) is 5.69 Å². The lowest BCUT2D eigenvalue weighted by Crippen LogP contribution is -2.30. The first-order valence-electron chi connectivity index (χ1n) is 9.77. The van der Waals surface area contributed by atoms with Crippen LogP contribution in [0.5, 0.6) is 5.75 Å². The molecule has 1 fully saturated rings. The second-order valence-electron chi connectivity index (χ2n) is 7.08. The van der Waals surface area contributed by atoms with Crippen LogP contribution in [0.15, 0.2) is 18.2 Å². The van der Waals surface area contributed by atoms with Gasteiger partial charge in [-0.25, -0.2) is 4.68 Å². The zero-order valence-corrected chi connectivity index (χ0v) is 16.4. The highest BCUT2D eigenvalue weighted by molar-refractivity contribution is 6.03. The van der Waals surface area contributed by atoms with Gasteiger partial charge in [-0.15, -0.1) is 5.10 Å². The summed E-state index contributed by atoms with van der Waals surface area (Å²) in [6.07, 6.45) is 4.14. The third kappa shape index (κ3) is 4.66. The SMILES string of the molecule is CCCCOc1ccc(NC(=O)c2nnn(C3CCNCC3)c2C)c(C)c1. The van der Waals surface area contributed by atoms with E-state index in [9.17, 15) is 4.79 Å². The van der Waals surface area contributed by atoms with Crippen molar-refractivity contribution in [2.45, 2.75) is 52.5 Å². The van der Waals surface area contributed by atoms with Crippen molar-refractivity contribution in [3.63, 3.8) is 0 Å². The van der Waals surface area contributed by atoms with Crippen molar-refractivity contribution in [1.29, 1.82) is 0 Å². The van der Waals surface area contributed by atoms with Crippen LogP contribution in [0.3, 0.4) is 0 Å². The molecule has 2 heterocycles. The van der Waals surface area contributed by atoms with E-state index in [-0.39, 0.29) is 5.91 Å². The molecule has 1 amide bonds. The second kappa shape index (κ2) is 8.99. The minimum atomic E-state index is -0.226. The summed E-state index contributed by atoms with van der Waals surface area (Å²) in [6.45, 7) is 8.65. The van der Waals surface area contributed by atoms with Crippen LogP contribution in [0.4, 0.5) is 5.69 Å². The maximum Gasteiger partial charge on any atom is 0.278 e. The Bertz CT molecular complexity index is 781. The number of nitrogens with zero attached hydrogens (tertiary/aromatic N) is 3. The number of unbranched alkanes of at least 4 members (excludes halogenated alkanes) is 1. The van der Waals surface area contributed by atoms with Crippen molar-refractivity contribution in [2.75, 3.05) is 25.0 Å². The number of piperidine rings is 1. The Morgan fingerprint density at radius 2 is 2.11 bits per heavy atom. The molecule has 0 unspecified atom stereocenters. The van der Waals surface area contributed by atoms with Crippen LogP contribution in [-0.2, 0) is 0 Å². The fraction of sp³-hybridized carbons (Fsp3) is 0.550. The highest BCUT2D eigenvalue weighted by Crippen LogP contribution is 2.24. The number of hydrogen-bond donors (Lipinski definition) is 2. The van der Waals surface area contributed by atoms with Crippen molar-refractivity contribution in [3.05, 3.63) is 35.2 Å².